The summed E-state index contributed by atoms with van der Waals surface area (Å²) < 4.78 is 8.97. The fourth-order valence-electron chi connectivity index (χ4n) is 1.92. The number of carboxylic acids is 1. The molecule has 0 aliphatic rings. The van der Waals surface area contributed by atoms with E-state index in [1.807, 2.05) is 0 Å². The van der Waals surface area contributed by atoms with Gasteiger partial charge in [-0.2, -0.15) is 9.36 Å². The minimum Gasteiger partial charge on any atom is -0.476 e. The summed E-state index contributed by atoms with van der Waals surface area (Å²) in [5.74, 6) is -1.42. The average molecular weight is 407 g/mol. The number of carboxylic acid groups (broad SMARTS) is 1. The van der Waals surface area contributed by atoms with Gasteiger partial charge in [0.1, 0.15) is 12.2 Å². The van der Waals surface area contributed by atoms with E-state index in [1.165, 1.54) is 0 Å². The van der Waals surface area contributed by atoms with Gasteiger partial charge in [0.05, 0.1) is 0 Å². The largest absolute Gasteiger partial charge is 0.476 e. The van der Waals surface area contributed by atoms with Gasteiger partial charge in [-0.05, 0) is 31.9 Å². The number of hydrogen-bond donors (Lipinski definition) is 3. The average Bonchev–Trinajstić information content (AvgIpc) is 3.02. The van der Waals surface area contributed by atoms with Crippen molar-refractivity contribution in [2.75, 3.05) is 5.73 Å². The van der Waals surface area contributed by atoms with Crippen LogP contribution in [0.4, 0.5) is 9.93 Å². The molecule has 10 nitrogen and oxygen atoms in total. The number of hydrogen-bond acceptors (Lipinski definition) is 9. The molecule has 0 aliphatic heterocycles. The summed E-state index contributed by atoms with van der Waals surface area (Å²) in [6, 6.07) is 7.17. The molecule has 2 aromatic rings. The van der Waals surface area contributed by atoms with Crippen LogP contribution in [0.25, 0.3) is 0 Å². The van der Waals surface area contributed by atoms with Crippen molar-refractivity contribution >= 4 is 34.4 Å². The molecule has 1 heterocycles. The van der Waals surface area contributed by atoms with Gasteiger partial charge in [-0.1, -0.05) is 29.4 Å². The molecule has 1 aromatic heterocycles. The Bertz CT molecular complexity index is 858. The highest BCUT2D eigenvalue weighted by Gasteiger charge is 2.19. The first-order valence-electron chi connectivity index (χ1n) is 8.21. The highest BCUT2D eigenvalue weighted by atomic mass is 32.1. The highest BCUT2D eigenvalue weighted by molar-refractivity contribution is 7.09. The van der Waals surface area contributed by atoms with Crippen molar-refractivity contribution in [3.63, 3.8) is 0 Å². The van der Waals surface area contributed by atoms with Crippen molar-refractivity contribution in [3.8, 4) is 0 Å². The van der Waals surface area contributed by atoms with Crippen molar-refractivity contribution in [1.29, 1.82) is 0 Å². The molecule has 0 radical (unpaired) electrons. The van der Waals surface area contributed by atoms with E-state index in [4.69, 9.17) is 15.3 Å². The number of amides is 1. The molecule has 1 amide bonds. The van der Waals surface area contributed by atoms with Gasteiger partial charge in [0.15, 0.2) is 5.13 Å². The van der Waals surface area contributed by atoms with Gasteiger partial charge in [0.25, 0.3) is 0 Å². The minimum atomic E-state index is -1.32. The Morgan fingerprint density at radius 1 is 1.25 bits per heavy atom. The summed E-state index contributed by atoms with van der Waals surface area (Å²) in [5, 5.41) is 15.6. The summed E-state index contributed by atoms with van der Waals surface area (Å²) in [5.41, 5.74) is 6.10. The van der Waals surface area contributed by atoms with E-state index < -0.39 is 23.4 Å². The lowest BCUT2D eigenvalue weighted by Gasteiger charge is -2.19. The fraction of sp³-hybridized carbons (Fsp3) is 0.353. The first-order valence-corrected chi connectivity index (χ1v) is 8.99. The molecule has 0 saturated carbocycles. The molecule has 150 valence electrons. The lowest BCUT2D eigenvalue weighted by atomic mass is 10.1. The number of nitrogens with zero attached hydrogens (tertiary/aromatic N) is 3. The van der Waals surface area contributed by atoms with Gasteiger partial charge in [-0.15, -0.1) is 0 Å². The number of oxime groups is 1. The number of nitrogen functional groups attached to an aromatic ring is 1. The standard InChI is InChI=1S/C17H21N5O5S/c1-17(2,3)27-16(25)19-8-10-4-6-11(7-5-10)9-26-21-12(14(23)24)13-20-15(18)28-22-13/h4-7H,8-9H2,1-3H3,(H,19,25)(H,23,24)(H2,18,20,22). The van der Waals surface area contributed by atoms with Crippen molar-refractivity contribution in [3.05, 3.63) is 41.2 Å². The first kappa shape index (κ1) is 21.1. The van der Waals surface area contributed by atoms with Crippen LogP contribution in [0.5, 0.6) is 0 Å². The third-order valence-corrected chi connectivity index (χ3v) is 3.64. The number of carbonyl (C=O) groups excluding carboxylic acids is 1. The van der Waals surface area contributed by atoms with E-state index in [1.54, 1.807) is 45.0 Å². The molecular weight excluding hydrogens is 386 g/mol. The number of ether oxygens (including phenoxy) is 1. The normalized spacial score (nSPS) is 11.8. The molecule has 2 rings (SSSR count). The Hall–Kier alpha value is -3.21. The van der Waals surface area contributed by atoms with Gasteiger partial charge in [0, 0.05) is 18.1 Å². The summed E-state index contributed by atoms with van der Waals surface area (Å²) in [4.78, 5) is 31.8. The third-order valence-electron chi connectivity index (χ3n) is 3.10. The predicted molar refractivity (Wildman–Crippen MR) is 103 cm³/mol. The number of benzene rings is 1. The maximum atomic E-state index is 11.6. The number of carbonyl (C=O) groups is 2. The number of nitrogens with one attached hydrogen (secondary N) is 1. The number of nitrogens with two attached hydrogens (primary N) is 1. The molecule has 0 atom stereocenters. The zero-order valence-electron chi connectivity index (χ0n) is 15.6. The van der Waals surface area contributed by atoms with E-state index in [9.17, 15) is 14.7 Å². The SMILES string of the molecule is CC(C)(C)OC(=O)NCc1ccc(CON=C(C(=O)O)c2nsc(N)n2)cc1. The molecule has 0 spiro atoms. The van der Waals surface area contributed by atoms with Crippen LogP contribution >= 0.6 is 11.5 Å². The summed E-state index contributed by atoms with van der Waals surface area (Å²) >= 11 is 0.869. The predicted octanol–water partition coefficient (Wildman–Crippen LogP) is 2.15. The van der Waals surface area contributed by atoms with E-state index in [0.717, 1.165) is 22.7 Å². The van der Waals surface area contributed by atoms with Crippen LogP contribution in [0, 0.1) is 0 Å². The van der Waals surface area contributed by atoms with Crippen molar-refractivity contribution < 1.29 is 24.3 Å². The summed E-state index contributed by atoms with van der Waals surface area (Å²) in [6.45, 7) is 5.74. The van der Waals surface area contributed by atoms with Gasteiger partial charge in [-0.3, -0.25) is 0 Å². The minimum absolute atomic E-state index is 0.0518. The van der Waals surface area contributed by atoms with Crippen LogP contribution in [-0.4, -0.2) is 37.8 Å². The van der Waals surface area contributed by atoms with E-state index >= 15 is 0 Å². The molecule has 1 aromatic carbocycles. The molecule has 0 aliphatic carbocycles. The Kier molecular flexibility index (Phi) is 6.88. The molecule has 4 N–H and O–H groups in total. The molecular formula is C17H21N5O5S. The number of anilines is 1. The van der Waals surface area contributed by atoms with E-state index in [0.29, 0.717) is 6.54 Å². The summed E-state index contributed by atoms with van der Waals surface area (Å²) in [6.07, 6.45) is -0.494. The fourth-order valence-corrected chi connectivity index (χ4v) is 2.35. The molecule has 11 heteroatoms. The Labute approximate surface area is 165 Å². The topological polar surface area (TPSA) is 149 Å². The lowest BCUT2D eigenvalue weighted by Crippen LogP contribution is -2.32. The molecule has 0 saturated heterocycles. The first-order chi connectivity index (χ1) is 13.1. The zero-order chi connectivity index (χ0) is 20.7. The van der Waals surface area contributed by atoms with Crippen molar-refractivity contribution in [2.24, 2.45) is 5.16 Å². The Balaban J connectivity index is 1.88. The molecule has 0 unspecified atom stereocenters. The second-order valence-electron chi connectivity index (χ2n) is 6.65. The Morgan fingerprint density at radius 2 is 1.89 bits per heavy atom. The maximum Gasteiger partial charge on any atom is 0.407 e. The number of aromatic nitrogens is 2. The van der Waals surface area contributed by atoms with Crippen LogP contribution in [0.1, 0.15) is 37.7 Å². The Morgan fingerprint density at radius 3 is 2.43 bits per heavy atom. The van der Waals surface area contributed by atoms with Crippen molar-refractivity contribution in [2.45, 2.75) is 39.5 Å². The van der Waals surface area contributed by atoms with Crippen LogP contribution < -0.4 is 11.1 Å². The van der Waals surface area contributed by atoms with Crippen LogP contribution in [-0.2, 0) is 27.5 Å². The lowest BCUT2D eigenvalue weighted by molar-refractivity contribution is -0.129. The van der Waals surface area contributed by atoms with Crippen LogP contribution in [0.15, 0.2) is 29.4 Å². The maximum absolute atomic E-state index is 11.6. The van der Waals surface area contributed by atoms with Crippen LogP contribution in [0.2, 0.25) is 0 Å². The quantitative estimate of drug-likeness (QED) is 0.467. The van der Waals surface area contributed by atoms with Gasteiger partial charge < -0.3 is 25.7 Å². The smallest absolute Gasteiger partial charge is 0.407 e. The molecule has 28 heavy (non-hydrogen) atoms. The number of rotatable bonds is 7. The van der Waals surface area contributed by atoms with Crippen molar-refractivity contribution in [1.82, 2.24) is 14.7 Å². The molecule has 0 bridgehead atoms. The zero-order valence-corrected chi connectivity index (χ0v) is 16.4. The number of aliphatic carboxylic acids is 1. The second kappa shape index (κ2) is 9.13. The summed E-state index contributed by atoms with van der Waals surface area (Å²) in [7, 11) is 0. The molecule has 0 fully saturated rings. The number of alkyl carbamates (subject to hydrolysis) is 1. The third kappa shape index (κ3) is 6.83. The highest BCUT2D eigenvalue weighted by Crippen LogP contribution is 2.10. The van der Waals surface area contributed by atoms with E-state index in [-0.39, 0.29) is 17.6 Å². The van der Waals surface area contributed by atoms with Gasteiger partial charge in [-0.25, -0.2) is 9.59 Å². The second-order valence-corrected chi connectivity index (χ2v) is 7.43. The van der Waals surface area contributed by atoms with Gasteiger partial charge in [0.2, 0.25) is 11.5 Å². The van der Waals surface area contributed by atoms with Gasteiger partial charge >= 0.3 is 12.1 Å². The van der Waals surface area contributed by atoms with Crippen LogP contribution in [0.3, 0.4) is 0 Å². The van der Waals surface area contributed by atoms with E-state index in [2.05, 4.69) is 19.8 Å². The monoisotopic (exact) mass is 407 g/mol.